The van der Waals surface area contributed by atoms with E-state index in [-0.39, 0.29) is 18.6 Å². The maximum Gasteiger partial charge on any atom is 0.242 e. The van der Waals surface area contributed by atoms with Crippen molar-refractivity contribution < 1.29 is 9.53 Å². The first kappa shape index (κ1) is 15.4. The molecule has 0 saturated carbocycles. The molecule has 1 fully saturated rings. The highest BCUT2D eigenvalue weighted by atomic mass is 32.2. The van der Waals surface area contributed by atoms with Crippen LogP contribution < -0.4 is 5.73 Å². The average molecular weight is 294 g/mol. The standard InChI is InChI=1S/C15H22N2O2S/c1-11-14(12-6-4-3-5-7-12)17(8-9-20-11)15(18)13(16)10-19-2/h3-7,11,13-14H,8-10,16H2,1-2H3. The summed E-state index contributed by atoms with van der Waals surface area (Å²) in [5, 5.41) is 0.366. The van der Waals surface area contributed by atoms with Crippen molar-refractivity contribution in [2.24, 2.45) is 5.73 Å². The SMILES string of the molecule is COCC(N)C(=O)N1CCSC(C)C1c1ccccc1. The van der Waals surface area contributed by atoms with Gasteiger partial charge in [-0.15, -0.1) is 0 Å². The van der Waals surface area contributed by atoms with Gasteiger partial charge in [0.25, 0.3) is 0 Å². The third-order valence-corrected chi connectivity index (χ3v) is 4.78. The number of carbonyl (C=O) groups is 1. The first-order valence-electron chi connectivity index (χ1n) is 6.86. The zero-order valence-corrected chi connectivity index (χ0v) is 12.8. The summed E-state index contributed by atoms with van der Waals surface area (Å²) in [6.45, 7) is 3.17. The molecule has 2 rings (SSSR count). The Morgan fingerprint density at radius 3 is 2.85 bits per heavy atom. The number of carbonyl (C=O) groups excluding carboxylic acids is 1. The van der Waals surface area contributed by atoms with Gasteiger partial charge < -0.3 is 15.4 Å². The average Bonchev–Trinajstić information content (AvgIpc) is 2.47. The van der Waals surface area contributed by atoms with Crippen molar-refractivity contribution in [1.82, 2.24) is 4.90 Å². The fraction of sp³-hybridized carbons (Fsp3) is 0.533. The van der Waals surface area contributed by atoms with Crippen molar-refractivity contribution in [3.63, 3.8) is 0 Å². The molecule has 0 aliphatic carbocycles. The number of benzene rings is 1. The normalized spacial score (nSPS) is 24.4. The van der Waals surface area contributed by atoms with Crippen LogP contribution in [0.5, 0.6) is 0 Å². The van der Waals surface area contributed by atoms with Gasteiger partial charge in [0.2, 0.25) is 5.91 Å². The third-order valence-electron chi connectivity index (χ3n) is 3.58. The van der Waals surface area contributed by atoms with Crippen LogP contribution in [0.2, 0.25) is 0 Å². The zero-order valence-electron chi connectivity index (χ0n) is 12.0. The number of hydrogen-bond acceptors (Lipinski definition) is 4. The molecular weight excluding hydrogens is 272 g/mol. The summed E-state index contributed by atoms with van der Waals surface area (Å²) >= 11 is 1.90. The molecule has 20 heavy (non-hydrogen) atoms. The Kier molecular flexibility index (Phi) is 5.46. The Hall–Kier alpha value is -1.04. The van der Waals surface area contributed by atoms with Crippen LogP contribution in [0.25, 0.3) is 0 Å². The van der Waals surface area contributed by atoms with Crippen LogP contribution >= 0.6 is 11.8 Å². The molecule has 4 nitrogen and oxygen atoms in total. The number of nitrogens with zero attached hydrogens (tertiary/aromatic N) is 1. The summed E-state index contributed by atoms with van der Waals surface area (Å²) in [7, 11) is 1.57. The highest BCUT2D eigenvalue weighted by Crippen LogP contribution is 2.36. The minimum Gasteiger partial charge on any atom is -0.383 e. The fourth-order valence-corrected chi connectivity index (χ4v) is 3.79. The van der Waals surface area contributed by atoms with Crippen molar-refractivity contribution >= 4 is 17.7 Å². The number of rotatable bonds is 4. The zero-order chi connectivity index (χ0) is 14.5. The van der Waals surface area contributed by atoms with E-state index in [0.717, 1.165) is 12.3 Å². The van der Waals surface area contributed by atoms with Crippen molar-refractivity contribution in [2.45, 2.75) is 24.3 Å². The molecular formula is C15H22N2O2S. The third kappa shape index (κ3) is 3.34. The number of nitrogens with two attached hydrogens (primary N) is 1. The molecule has 0 bridgehead atoms. The van der Waals surface area contributed by atoms with Gasteiger partial charge in [0.05, 0.1) is 12.6 Å². The molecule has 3 atom stereocenters. The second-order valence-electron chi connectivity index (χ2n) is 5.02. The van der Waals surface area contributed by atoms with Gasteiger partial charge in [-0.3, -0.25) is 4.79 Å². The maximum atomic E-state index is 12.5. The molecule has 1 aromatic carbocycles. The summed E-state index contributed by atoms with van der Waals surface area (Å²) in [6, 6.07) is 9.68. The Bertz CT molecular complexity index is 441. The molecule has 110 valence electrons. The summed E-state index contributed by atoms with van der Waals surface area (Å²) in [4.78, 5) is 14.4. The van der Waals surface area contributed by atoms with Crippen molar-refractivity contribution in [3.8, 4) is 0 Å². The molecule has 0 radical (unpaired) electrons. The van der Waals surface area contributed by atoms with Gasteiger partial charge in [-0.2, -0.15) is 11.8 Å². The second kappa shape index (κ2) is 7.11. The molecule has 1 saturated heterocycles. The summed E-state index contributed by atoms with van der Waals surface area (Å²) in [5.41, 5.74) is 7.09. The first-order chi connectivity index (χ1) is 9.65. The Morgan fingerprint density at radius 2 is 2.20 bits per heavy atom. The summed E-state index contributed by atoms with van der Waals surface area (Å²) in [5.74, 6) is 0.934. The molecule has 0 spiro atoms. The predicted molar refractivity (Wildman–Crippen MR) is 82.7 cm³/mol. The van der Waals surface area contributed by atoms with Crippen LogP contribution in [0, 0.1) is 0 Å². The highest BCUT2D eigenvalue weighted by molar-refractivity contribution is 8.00. The van der Waals surface area contributed by atoms with E-state index in [1.54, 1.807) is 7.11 Å². The van der Waals surface area contributed by atoms with E-state index >= 15 is 0 Å². The van der Waals surface area contributed by atoms with E-state index < -0.39 is 6.04 Å². The van der Waals surface area contributed by atoms with Gasteiger partial charge in [-0.25, -0.2) is 0 Å². The van der Waals surface area contributed by atoms with E-state index in [0.29, 0.717) is 5.25 Å². The van der Waals surface area contributed by atoms with Crippen LogP contribution in [0.3, 0.4) is 0 Å². The lowest BCUT2D eigenvalue weighted by atomic mass is 10.0. The second-order valence-corrected chi connectivity index (χ2v) is 6.51. The monoisotopic (exact) mass is 294 g/mol. The molecule has 5 heteroatoms. The molecule has 1 amide bonds. The van der Waals surface area contributed by atoms with Crippen molar-refractivity contribution in [2.75, 3.05) is 26.0 Å². The fourth-order valence-electron chi connectivity index (χ4n) is 2.63. The quantitative estimate of drug-likeness (QED) is 0.917. The maximum absolute atomic E-state index is 12.5. The molecule has 1 aromatic rings. The van der Waals surface area contributed by atoms with Crippen LogP contribution in [0.4, 0.5) is 0 Å². The van der Waals surface area contributed by atoms with Gasteiger partial charge in [-0.1, -0.05) is 37.3 Å². The summed E-state index contributed by atoms with van der Waals surface area (Å²) < 4.78 is 5.01. The minimum absolute atomic E-state index is 0.0205. The number of methoxy groups -OCH3 is 1. The van der Waals surface area contributed by atoms with E-state index in [9.17, 15) is 4.79 Å². The van der Waals surface area contributed by atoms with Crippen LogP contribution in [0.15, 0.2) is 30.3 Å². The topological polar surface area (TPSA) is 55.6 Å². The number of amides is 1. The van der Waals surface area contributed by atoms with Gasteiger partial charge >= 0.3 is 0 Å². The van der Waals surface area contributed by atoms with Gasteiger partial charge in [0.15, 0.2) is 0 Å². The van der Waals surface area contributed by atoms with Gasteiger partial charge in [0.1, 0.15) is 6.04 Å². The lowest BCUT2D eigenvalue weighted by molar-refractivity contribution is -0.136. The highest BCUT2D eigenvalue weighted by Gasteiger charge is 2.35. The Balaban J connectivity index is 2.22. The van der Waals surface area contributed by atoms with Crippen LogP contribution in [-0.2, 0) is 9.53 Å². The number of ether oxygens (including phenoxy) is 1. The molecule has 1 aliphatic heterocycles. The Morgan fingerprint density at radius 1 is 1.50 bits per heavy atom. The van der Waals surface area contributed by atoms with Crippen molar-refractivity contribution in [1.29, 1.82) is 0 Å². The molecule has 0 aromatic heterocycles. The van der Waals surface area contributed by atoms with E-state index in [4.69, 9.17) is 10.5 Å². The Labute approximate surface area is 124 Å². The largest absolute Gasteiger partial charge is 0.383 e. The van der Waals surface area contributed by atoms with Crippen LogP contribution in [-0.4, -0.2) is 48.1 Å². The molecule has 1 aliphatic rings. The predicted octanol–water partition coefficient (Wildman–Crippen LogP) is 1.67. The molecule has 1 heterocycles. The van der Waals surface area contributed by atoms with E-state index in [2.05, 4.69) is 19.1 Å². The summed E-state index contributed by atoms with van der Waals surface area (Å²) in [6.07, 6.45) is 0. The first-order valence-corrected chi connectivity index (χ1v) is 7.91. The van der Waals surface area contributed by atoms with E-state index in [1.807, 2.05) is 34.9 Å². The van der Waals surface area contributed by atoms with Gasteiger partial charge in [-0.05, 0) is 5.56 Å². The molecule has 3 unspecified atom stereocenters. The minimum atomic E-state index is -0.582. The number of thioether (sulfide) groups is 1. The smallest absolute Gasteiger partial charge is 0.242 e. The molecule has 2 N–H and O–H groups in total. The number of hydrogen-bond donors (Lipinski definition) is 1. The van der Waals surface area contributed by atoms with Gasteiger partial charge in [0, 0.05) is 24.7 Å². The van der Waals surface area contributed by atoms with E-state index in [1.165, 1.54) is 5.56 Å². The lowest BCUT2D eigenvalue weighted by Gasteiger charge is -2.41. The lowest BCUT2D eigenvalue weighted by Crippen LogP contribution is -2.51. The van der Waals surface area contributed by atoms with Crippen LogP contribution in [0.1, 0.15) is 18.5 Å². The van der Waals surface area contributed by atoms with Crippen molar-refractivity contribution in [3.05, 3.63) is 35.9 Å².